The molecule has 0 heterocycles. The van der Waals surface area contributed by atoms with E-state index in [9.17, 15) is 21.2 Å². The first-order chi connectivity index (χ1) is 12.0. The van der Waals surface area contributed by atoms with E-state index in [0.717, 1.165) is 0 Å². The molecule has 0 bridgehead atoms. The SMILES string of the molecule is CC(C)(C)C(F)CC(S(=O)(=O)c1ccccc1)S(=O)(=O)c1ccccc1. The molecule has 2 rings (SSSR count). The van der Waals surface area contributed by atoms with Gasteiger partial charge in [-0.25, -0.2) is 21.2 Å². The van der Waals surface area contributed by atoms with E-state index in [-0.39, 0.29) is 9.79 Å². The fourth-order valence-electron chi connectivity index (χ4n) is 2.47. The van der Waals surface area contributed by atoms with Crippen molar-refractivity contribution in [3.05, 3.63) is 60.7 Å². The van der Waals surface area contributed by atoms with Crippen molar-refractivity contribution in [2.45, 2.75) is 47.7 Å². The van der Waals surface area contributed by atoms with Gasteiger partial charge in [0.2, 0.25) is 0 Å². The zero-order chi connectivity index (χ0) is 19.6. The van der Waals surface area contributed by atoms with Crippen LogP contribution in [0.4, 0.5) is 4.39 Å². The highest BCUT2D eigenvalue weighted by molar-refractivity contribution is 8.09. The molecule has 1 unspecified atom stereocenters. The molecule has 0 saturated carbocycles. The molecule has 0 aliphatic rings. The van der Waals surface area contributed by atoms with E-state index < -0.39 is 42.3 Å². The normalized spacial score (nSPS) is 14.3. The Kier molecular flexibility index (Phi) is 5.92. The highest BCUT2D eigenvalue weighted by Gasteiger charge is 2.43. The van der Waals surface area contributed by atoms with E-state index in [4.69, 9.17) is 0 Å². The van der Waals surface area contributed by atoms with E-state index in [1.54, 1.807) is 32.9 Å². The van der Waals surface area contributed by atoms with Gasteiger partial charge in [0.1, 0.15) is 6.17 Å². The lowest BCUT2D eigenvalue weighted by molar-refractivity contribution is 0.156. The van der Waals surface area contributed by atoms with Crippen LogP contribution in [0.3, 0.4) is 0 Å². The number of rotatable bonds is 6. The van der Waals surface area contributed by atoms with Crippen molar-refractivity contribution < 1.29 is 21.2 Å². The molecule has 0 fully saturated rings. The number of hydrogen-bond acceptors (Lipinski definition) is 4. The minimum Gasteiger partial charge on any atom is -0.247 e. The van der Waals surface area contributed by atoms with Gasteiger partial charge in [-0.1, -0.05) is 57.2 Å². The maximum absolute atomic E-state index is 14.7. The van der Waals surface area contributed by atoms with Gasteiger partial charge in [-0.15, -0.1) is 0 Å². The first-order valence-electron chi connectivity index (χ1n) is 8.19. The summed E-state index contributed by atoms with van der Waals surface area (Å²) in [5, 5.41) is 0. The summed E-state index contributed by atoms with van der Waals surface area (Å²) in [6, 6.07) is 14.6. The molecule has 26 heavy (non-hydrogen) atoms. The summed E-state index contributed by atoms with van der Waals surface area (Å²) < 4.78 is 65.1. The van der Waals surface area contributed by atoms with Crippen LogP contribution in [0.15, 0.2) is 70.5 Å². The number of hydrogen-bond donors (Lipinski definition) is 0. The molecule has 4 nitrogen and oxygen atoms in total. The predicted octanol–water partition coefficient (Wildman–Crippen LogP) is 4.03. The highest BCUT2D eigenvalue weighted by atomic mass is 32.3. The summed E-state index contributed by atoms with van der Waals surface area (Å²) in [4.78, 5) is -0.267. The molecule has 0 aliphatic heterocycles. The van der Waals surface area contributed by atoms with Crippen LogP contribution in [-0.2, 0) is 19.7 Å². The van der Waals surface area contributed by atoms with Gasteiger partial charge in [-0.05, 0) is 29.7 Å². The molecule has 2 aromatic rings. The zero-order valence-electron chi connectivity index (χ0n) is 15.0. The third-order valence-corrected chi connectivity index (χ3v) is 9.32. The van der Waals surface area contributed by atoms with Crippen molar-refractivity contribution in [1.82, 2.24) is 0 Å². The van der Waals surface area contributed by atoms with E-state index in [2.05, 4.69) is 0 Å². The Morgan fingerprint density at radius 1 is 0.769 bits per heavy atom. The Morgan fingerprint density at radius 3 is 1.42 bits per heavy atom. The van der Waals surface area contributed by atoms with Crippen molar-refractivity contribution in [2.24, 2.45) is 5.41 Å². The van der Waals surface area contributed by atoms with Gasteiger partial charge in [0.05, 0.1) is 9.79 Å². The Bertz CT molecular complexity index is 863. The van der Waals surface area contributed by atoms with Gasteiger partial charge in [0.25, 0.3) is 0 Å². The van der Waals surface area contributed by atoms with E-state index in [1.165, 1.54) is 48.5 Å². The third kappa shape index (κ3) is 4.32. The van der Waals surface area contributed by atoms with Crippen LogP contribution in [0.1, 0.15) is 27.2 Å². The summed E-state index contributed by atoms with van der Waals surface area (Å²) >= 11 is 0. The Labute approximate surface area is 154 Å². The summed E-state index contributed by atoms with van der Waals surface area (Å²) in [6.07, 6.45) is -2.23. The number of alkyl halides is 1. The van der Waals surface area contributed by atoms with Crippen LogP contribution < -0.4 is 0 Å². The second-order valence-electron chi connectivity index (χ2n) is 7.21. The van der Waals surface area contributed by atoms with Crippen LogP contribution in [-0.4, -0.2) is 27.6 Å². The molecular formula is C19H23FO4S2. The Morgan fingerprint density at radius 2 is 1.12 bits per heavy atom. The van der Waals surface area contributed by atoms with Gasteiger partial charge in [0, 0.05) is 6.42 Å². The van der Waals surface area contributed by atoms with Gasteiger partial charge < -0.3 is 0 Å². The van der Waals surface area contributed by atoms with Gasteiger partial charge in [-0.3, -0.25) is 0 Å². The monoisotopic (exact) mass is 398 g/mol. The molecule has 0 radical (unpaired) electrons. The third-order valence-electron chi connectivity index (χ3n) is 4.17. The first kappa shape index (κ1) is 20.6. The molecule has 7 heteroatoms. The summed E-state index contributed by atoms with van der Waals surface area (Å²) in [5.74, 6) is 0. The average Bonchev–Trinajstić information content (AvgIpc) is 2.59. The van der Waals surface area contributed by atoms with Crippen LogP contribution in [0.5, 0.6) is 0 Å². The topological polar surface area (TPSA) is 68.3 Å². The summed E-state index contributed by atoms with van der Waals surface area (Å²) in [7, 11) is -8.58. The van der Waals surface area contributed by atoms with E-state index in [1.807, 2.05) is 0 Å². The van der Waals surface area contributed by atoms with Crippen molar-refractivity contribution in [2.75, 3.05) is 0 Å². The Balaban J connectivity index is 2.60. The minimum atomic E-state index is -4.29. The molecule has 0 aromatic heterocycles. The lowest BCUT2D eigenvalue weighted by Gasteiger charge is -2.27. The largest absolute Gasteiger partial charge is 0.247 e. The molecular weight excluding hydrogens is 375 g/mol. The van der Waals surface area contributed by atoms with E-state index >= 15 is 0 Å². The quantitative estimate of drug-likeness (QED) is 0.737. The minimum absolute atomic E-state index is 0.134. The van der Waals surface area contributed by atoms with Crippen LogP contribution in [0, 0.1) is 5.41 Å². The van der Waals surface area contributed by atoms with Crippen molar-refractivity contribution in [1.29, 1.82) is 0 Å². The molecule has 0 aliphatic carbocycles. The summed E-state index contributed by atoms with van der Waals surface area (Å²) in [6.45, 7) is 4.83. The molecule has 0 amide bonds. The highest BCUT2D eigenvalue weighted by Crippen LogP contribution is 2.34. The molecule has 0 saturated heterocycles. The number of benzene rings is 2. The van der Waals surface area contributed by atoms with Gasteiger partial charge in [0.15, 0.2) is 24.3 Å². The fourth-order valence-corrected chi connectivity index (χ4v) is 6.99. The van der Waals surface area contributed by atoms with E-state index in [0.29, 0.717) is 0 Å². The van der Waals surface area contributed by atoms with Crippen molar-refractivity contribution >= 4 is 19.7 Å². The lowest BCUT2D eigenvalue weighted by Crippen LogP contribution is -2.36. The molecule has 2 aromatic carbocycles. The number of halogens is 1. The number of sulfone groups is 2. The maximum atomic E-state index is 14.7. The standard InChI is InChI=1S/C19H23FO4S2/c1-19(2,3)17(20)14-18(25(21,22)15-10-6-4-7-11-15)26(23,24)16-12-8-5-9-13-16/h4-13,17-18H,14H2,1-3H3. The Hall–Kier alpha value is -1.73. The second kappa shape index (κ2) is 7.48. The van der Waals surface area contributed by atoms with Gasteiger partial charge in [-0.2, -0.15) is 0 Å². The molecule has 0 spiro atoms. The smallest absolute Gasteiger partial charge is 0.196 e. The predicted molar refractivity (Wildman–Crippen MR) is 100 cm³/mol. The molecule has 1 atom stereocenters. The maximum Gasteiger partial charge on any atom is 0.196 e. The van der Waals surface area contributed by atoms with Crippen LogP contribution >= 0.6 is 0 Å². The average molecular weight is 399 g/mol. The van der Waals surface area contributed by atoms with Crippen LogP contribution in [0.25, 0.3) is 0 Å². The summed E-state index contributed by atoms with van der Waals surface area (Å²) in [5.41, 5.74) is -0.878. The van der Waals surface area contributed by atoms with Crippen molar-refractivity contribution in [3.8, 4) is 0 Å². The van der Waals surface area contributed by atoms with Gasteiger partial charge >= 0.3 is 0 Å². The molecule has 0 N–H and O–H groups in total. The lowest BCUT2D eigenvalue weighted by atomic mass is 9.89. The second-order valence-corrected chi connectivity index (χ2v) is 11.8. The zero-order valence-corrected chi connectivity index (χ0v) is 16.6. The molecule has 142 valence electrons. The van der Waals surface area contributed by atoms with Crippen molar-refractivity contribution in [3.63, 3.8) is 0 Å². The fraction of sp³-hybridized carbons (Fsp3) is 0.368. The van der Waals surface area contributed by atoms with Crippen LogP contribution in [0.2, 0.25) is 0 Å². The first-order valence-corrected chi connectivity index (χ1v) is 11.3.